The third kappa shape index (κ3) is 7.66. The number of aryl methyl sites for hydroxylation is 1. The molecule has 0 fully saturated rings. The number of unbranched alkanes of at least 4 members (excludes halogenated alkanes) is 2. The molecule has 1 aromatic heterocycles. The van der Waals surface area contributed by atoms with Gasteiger partial charge in [-0.15, -0.1) is 0 Å². The number of aliphatic hydroxyl groups is 1. The van der Waals surface area contributed by atoms with E-state index in [1.807, 2.05) is 6.07 Å². The van der Waals surface area contributed by atoms with Crippen LogP contribution in [0.2, 0.25) is 10.0 Å². The largest absolute Gasteiger partial charge is 0.490 e. The number of aromatic nitrogens is 1. The van der Waals surface area contributed by atoms with Gasteiger partial charge in [-0.2, -0.15) is 0 Å². The lowest BCUT2D eigenvalue weighted by molar-refractivity contribution is -0.0705. The summed E-state index contributed by atoms with van der Waals surface area (Å²) in [6, 6.07) is 5.40. The summed E-state index contributed by atoms with van der Waals surface area (Å²) in [5.74, 6) is 1.86. The molecule has 2 aromatic rings. The molecule has 1 aliphatic rings. The number of hydrogen-bond acceptors (Lipinski definition) is 8. The number of benzene rings is 1. The first-order valence-corrected chi connectivity index (χ1v) is 10.9. The molecule has 1 aliphatic heterocycles. The Hall–Kier alpha value is -1.84. The summed E-state index contributed by atoms with van der Waals surface area (Å²) in [6.45, 7) is 2.38. The van der Waals surface area contributed by atoms with Gasteiger partial charge in [0.15, 0.2) is 5.75 Å². The van der Waals surface area contributed by atoms with E-state index in [1.165, 1.54) is 0 Å². The predicted octanol–water partition coefficient (Wildman–Crippen LogP) is 4.03. The molecule has 0 aliphatic carbocycles. The first-order valence-electron chi connectivity index (χ1n) is 10.2. The number of nitrogens with zero attached hydrogens (tertiary/aromatic N) is 2. The van der Waals surface area contributed by atoms with Crippen molar-refractivity contribution in [2.24, 2.45) is 4.99 Å². The maximum atomic E-state index is 8.62. The van der Waals surface area contributed by atoms with Gasteiger partial charge < -0.3 is 28.6 Å². The van der Waals surface area contributed by atoms with Crippen molar-refractivity contribution in [3.8, 4) is 5.75 Å². The molecule has 0 spiro atoms. The lowest BCUT2D eigenvalue weighted by atomic mass is 10.1. The van der Waals surface area contributed by atoms with Crippen molar-refractivity contribution < 1.29 is 28.6 Å². The maximum Gasteiger partial charge on any atom is 0.216 e. The Labute approximate surface area is 191 Å². The van der Waals surface area contributed by atoms with Crippen LogP contribution in [-0.2, 0) is 27.2 Å². The first-order chi connectivity index (χ1) is 15.2. The van der Waals surface area contributed by atoms with Crippen molar-refractivity contribution in [1.29, 1.82) is 0 Å². The van der Waals surface area contributed by atoms with Crippen LogP contribution in [0.1, 0.15) is 36.3 Å². The second kappa shape index (κ2) is 12.9. The highest BCUT2D eigenvalue weighted by Gasteiger charge is 2.16. The molecule has 0 amide bonds. The lowest BCUT2D eigenvalue weighted by Gasteiger charge is -2.11. The van der Waals surface area contributed by atoms with Gasteiger partial charge in [-0.3, -0.25) is 0 Å². The van der Waals surface area contributed by atoms with Crippen molar-refractivity contribution in [3.63, 3.8) is 0 Å². The zero-order chi connectivity index (χ0) is 21.9. The summed E-state index contributed by atoms with van der Waals surface area (Å²) < 4.78 is 26.8. The van der Waals surface area contributed by atoms with E-state index in [2.05, 4.69) is 10.1 Å². The minimum absolute atomic E-state index is 0.0273. The van der Waals surface area contributed by atoms with Gasteiger partial charge in [0.2, 0.25) is 5.90 Å². The molecule has 2 heterocycles. The van der Waals surface area contributed by atoms with Gasteiger partial charge in [0.25, 0.3) is 0 Å². The van der Waals surface area contributed by atoms with Crippen LogP contribution in [-0.4, -0.2) is 55.9 Å². The Bertz CT molecular complexity index is 835. The molecule has 1 aromatic carbocycles. The molecule has 170 valence electrons. The molecular formula is C21H26Cl2N2O6. The smallest absolute Gasteiger partial charge is 0.216 e. The standard InChI is InChI=1S/C21H26Cl2N2O6/c22-18-10-15(21-24-5-8-30-21)11-19(23)20(18)29-7-3-1-2-4-17-12-16(25-31-17)13-28-14-27-9-6-26/h10-12,26H,1-9,13-14H2. The molecule has 31 heavy (non-hydrogen) atoms. The van der Waals surface area contributed by atoms with E-state index in [1.54, 1.807) is 12.1 Å². The highest BCUT2D eigenvalue weighted by molar-refractivity contribution is 6.37. The highest BCUT2D eigenvalue weighted by atomic mass is 35.5. The molecule has 0 saturated carbocycles. The molecule has 8 nitrogen and oxygen atoms in total. The zero-order valence-corrected chi connectivity index (χ0v) is 18.7. The molecule has 0 unspecified atom stereocenters. The molecule has 10 heteroatoms. The van der Waals surface area contributed by atoms with Gasteiger partial charge in [-0.25, -0.2) is 4.99 Å². The van der Waals surface area contributed by atoms with Gasteiger partial charge >= 0.3 is 0 Å². The van der Waals surface area contributed by atoms with Crippen LogP contribution in [0.5, 0.6) is 5.75 Å². The van der Waals surface area contributed by atoms with E-state index < -0.39 is 0 Å². The lowest BCUT2D eigenvalue weighted by Crippen LogP contribution is -2.04. The van der Waals surface area contributed by atoms with E-state index in [0.717, 1.165) is 37.0 Å². The third-order valence-corrected chi connectivity index (χ3v) is 4.97. The van der Waals surface area contributed by atoms with Crippen LogP contribution in [0.15, 0.2) is 27.7 Å². The Morgan fingerprint density at radius 2 is 1.87 bits per heavy atom. The average Bonchev–Trinajstić information content (AvgIpc) is 3.44. The second-order valence-electron chi connectivity index (χ2n) is 6.85. The molecule has 0 saturated heterocycles. The summed E-state index contributed by atoms with van der Waals surface area (Å²) >= 11 is 12.7. The van der Waals surface area contributed by atoms with E-state index >= 15 is 0 Å². The fourth-order valence-electron chi connectivity index (χ4n) is 2.95. The fraction of sp³-hybridized carbons (Fsp3) is 0.524. The Balaban J connectivity index is 1.32. The van der Waals surface area contributed by atoms with E-state index in [9.17, 15) is 0 Å². The van der Waals surface area contributed by atoms with Crippen LogP contribution in [0.4, 0.5) is 0 Å². The maximum absolute atomic E-state index is 8.62. The first kappa shape index (κ1) is 23.8. The quantitative estimate of drug-likeness (QED) is 0.327. The summed E-state index contributed by atoms with van der Waals surface area (Å²) in [7, 11) is 0. The summed E-state index contributed by atoms with van der Waals surface area (Å²) in [6.07, 6.45) is 3.54. The SMILES string of the molecule is OCCOCOCc1cc(CCCCCOc2c(Cl)cc(C3=NCCO3)cc2Cl)on1. The van der Waals surface area contributed by atoms with Gasteiger partial charge in [-0.1, -0.05) is 28.4 Å². The van der Waals surface area contributed by atoms with Crippen LogP contribution in [0.25, 0.3) is 0 Å². The molecule has 1 N–H and O–H groups in total. The van der Waals surface area contributed by atoms with Crippen LogP contribution in [0.3, 0.4) is 0 Å². The summed E-state index contributed by atoms with van der Waals surface area (Å²) in [5, 5.41) is 13.5. The topological polar surface area (TPSA) is 95.5 Å². The van der Waals surface area contributed by atoms with Crippen LogP contribution >= 0.6 is 23.2 Å². The molecule has 0 bridgehead atoms. The Morgan fingerprint density at radius 3 is 2.61 bits per heavy atom. The normalized spacial score (nSPS) is 13.3. The number of ether oxygens (including phenoxy) is 4. The third-order valence-electron chi connectivity index (χ3n) is 4.40. The summed E-state index contributed by atoms with van der Waals surface area (Å²) in [4.78, 5) is 4.27. The van der Waals surface area contributed by atoms with Crippen molar-refractivity contribution in [3.05, 3.63) is 45.3 Å². The van der Waals surface area contributed by atoms with Crippen molar-refractivity contribution in [2.45, 2.75) is 32.3 Å². The average molecular weight is 473 g/mol. The second-order valence-corrected chi connectivity index (χ2v) is 7.66. The van der Waals surface area contributed by atoms with Crippen molar-refractivity contribution in [2.75, 3.05) is 39.8 Å². The van der Waals surface area contributed by atoms with Gasteiger partial charge in [0, 0.05) is 18.1 Å². The minimum atomic E-state index is -0.0273. The highest BCUT2D eigenvalue weighted by Crippen LogP contribution is 2.35. The minimum Gasteiger partial charge on any atom is -0.490 e. The van der Waals surface area contributed by atoms with E-state index in [-0.39, 0.29) is 20.0 Å². The van der Waals surface area contributed by atoms with Crippen LogP contribution < -0.4 is 4.74 Å². The van der Waals surface area contributed by atoms with Gasteiger partial charge in [0.05, 0.1) is 43.0 Å². The predicted molar refractivity (Wildman–Crippen MR) is 116 cm³/mol. The Kier molecular flexibility index (Phi) is 9.89. The van der Waals surface area contributed by atoms with Gasteiger partial charge in [0.1, 0.15) is 24.9 Å². The van der Waals surface area contributed by atoms with Gasteiger partial charge in [-0.05, 0) is 31.4 Å². The number of halogens is 2. The summed E-state index contributed by atoms with van der Waals surface area (Å²) in [5.41, 5.74) is 1.47. The van der Waals surface area contributed by atoms with Crippen molar-refractivity contribution >= 4 is 29.1 Å². The van der Waals surface area contributed by atoms with E-state index in [0.29, 0.717) is 53.8 Å². The molecule has 0 radical (unpaired) electrons. The fourth-order valence-corrected chi connectivity index (χ4v) is 3.55. The Morgan fingerprint density at radius 1 is 1.03 bits per heavy atom. The van der Waals surface area contributed by atoms with Crippen LogP contribution in [0, 0.1) is 0 Å². The monoisotopic (exact) mass is 472 g/mol. The molecule has 3 rings (SSSR count). The number of aliphatic imine (C=N–C) groups is 1. The number of aliphatic hydroxyl groups excluding tert-OH is 1. The zero-order valence-electron chi connectivity index (χ0n) is 17.1. The van der Waals surface area contributed by atoms with E-state index in [4.69, 9.17) is 51.8 Å². The number of hydrogen-bond donors (Lipinski definition) is 1. The molecule has 0 atom stereocenters. The number of rotatable bonds is 14. The van der Waals surface area contributed by atoms with Crippen molar-refractivity contribution in [1.82, 2.24) is 5.16 Å². The molecular weight excluding hydrogens is 447 g/mol.